The molecule has 2 rings (SSSR count). The van der Waals surface area contributed by atoms with E-state index in [1.165, 1.54) is 0 Å². The van der Waals surface area contributed by atoms with Gasteiger partial charge in [0.1, 0.15) is 0 Å². The van der Waals surface area contributed by atoms with Crippen LogP contribution in [-0.2, 0) is 6.42 Å². The highest BCUT2D eigenvalue weighted by atomic mass is 35.5. The van der Waals surface area contributed by atoms with Crippen LogP contribution in [0.15, 0.2) is 42.5 Å². The summed E-state index contributed by atoms with van der Waals surface area (Å²) >= 11 is 11.9. The molecule has 2 aromatic rings. The number of carbonyl (C=O) groups excluding carboxylic acids is 1. The molecule has 0 bridgehead atoms. The number of hydrogen-bond donors (Lipinski definition) is 1. The number of anilines is 1. The molecule has 0 saturated heterocycles. The van der Waals surface area contributed by atoms with E-state index in [0.29, 0.717) is 15.6 Å². The second-order valence-corrected chi connectivity index (χ2v) is 4.98. The fourth-order valence-electron chi connectivity index (χ4n) is 1.74. The van der Waals surface area contributed by atoms with Gasteiger partial charge in [-0.2, -0.15) is 0 Å². The Hall–Kier alpha value is -1.51. The molecule has 0 atom stereocenters. The quantitative estimate of drug-likeness (QED) is 0.865. The van der Waals surface area contributed by atoms with Crippen molar-refractivity contribution in [3.05, 3.63) is 63.6 Å². The molecule has 2 nitrogen and oxygen atoms in total. The van der Waals surface area contributed by atoms with E-state index >= 15 is 0 Å². The lowest BCUT2D eigenvalue weighted by atomic mass is 10.1. The van der Waals surface area contributed by atoms with Crippen LogP contribution in [0.1, 0.15) is 22.8 Å². The fraction of sp³-hybridized carbons (Fsp3) is 0.133. The fourth-order valence-corrected chi connectivity index (χ4v) is 2.11. The summed E-state index contributed by atoms with van der Waals surface area (Å²) in [6, 6.07) is 12.5. The van der Waals surface area contributed by atoms with Crippen LogP contribution < -0.4 is 5.32 Å². The molecule has 0 aromatic heterocycles. The zero-order valence-corrected chi connectivity index (χ0v) is 11.9. The Balaban J connectivity index is 2.23. The van der Waals surface area contributed by atoms with Gasteiger partial charge in [-0.1, -0.05) is 42.3 Å². The highest BCUT2D eigenvalue weighted by Gasteiger charge is 2.11. The Labute approximate surface area is 122 Å². The second-order valence-electron chi connectivity index (χ2n) is 4.13. The monoisotopic (exact) mass is 293 g/mol. The normalized spacial score (nSPS) is 10.3. The van der Waals surface area contributed by atoms with E-state index in [4.69, 9.17) is 23.2 Å². The summed E-state index contributed by atoms with van der Waals surface area (Å²) in [4.78, 5) is 12.1. The summed E-state index contributed by atoms with van der Waals surface area (Å²) in [5, 5.41) is 3.69. The Morgan fingerprint density at radius 1 is 1.16 bits per heavy atom. The first-order valence-electron chi connectivity index (χ1n) is 5.95. The van der Waals surface area contributed by atoms with Crippen LogP contribution >= 0.6 is 23.2 Å². The van der Waals surface area contributed by atoms with Gasteiger partial charge in [0.2, 0.25) is 0 Å². The predicted molar refractivity (Wildman–Crippen MR) is 80.2 cm³/mol. The Kier molecular flexibility index (Phi) is 4.46. The van der Waals surface area contributed by atoms with Crippen LogP contribution in [0.2, 0.25) is 10.0 Å². The molecule has 98 valence electrons. The molecule has 1 amide bonds. The first-order chi connectivity index (χ1) is 9.10. The largest absolute Gasteiger partial charge is 0.322 e. The van der Waals surface area contributed by atoms with E-state index in [0.717, 1.165) is 17.7 Å². The molecule has 4 heteroatoms. The summed E-state index contributed by atoms with van der Waals surface area (Å²) in [5.74, 6) is -0.263. The molecular formula is C15H13Cl2NO. The van der Waals surface area contributed by atoms with Gasteiger partial charge in [0, 0.05) is 10.7 Å². The van der Waals surface area contributed by atoms with Crippen molar-refractivity contribution in [2.75, 3.05) is 5.32 Å². The van der Waals surface area contributed by atoms with Gasteiger partial charge in [0.05, 0.1) is 10.6 Å². The molecule has 0 aliphatic rings. The lowest BCUT2D eigenvalue weighted by molar-refractivity contribution is 0.102. The predicted octanol–water partition coefficient (Wildman–Crippen LogP) is 4.81. The number of amides is 1. The van der Waals surface area contributed by atoms with Crippen molar-refractivity contribution in [3.8, 4) is 0 Å². The van der Waals surface area contributed by atoms with Crippen LogP contribution in [0.4, 0.5) is 5.69 Å². The van der Waals surface area contributed by atoms with Crippen molar-refractivity contribution in [2.45, 2.75) is 13.3 Å². The number of benzene rings is 2. The molecule has 2 aromatic carbocycles. The molecule has 0 saturated carbocycles. The van der Waals surface area contributed by atoms with Gasteiger partial charge in [-0.3, -0.25) is 4.79 Å². The van der Waals surface area contributed by atoms with Gasteiger partial charge in [-0.05, 0) is 42.3 Å². The summed E-state index contributed by atoms with van der Waals surface area (Å²) in [6.45, 7) is 2.06. The molecule has 0 spiro atoms. The Morgan fingerprint density at radius 3 is 2.68 bits per heavy atom. The van der Waals surface area contributed by atoms with Gasteiger partial charge in [0.15, 0.2) is 0 Å². The van der Waals surface area contributed by atoms with E-state index in [2.05, 4.69) is 12.2 Å². The molecule has 0 unspecified atom stereocenters. The van der Waals surface area contributed by atoms with Gasteiger partial charge in [-0.15, -0.1) is 0 Å². The molecule has 0 aliphatic heterocycles. The molecule has 19 heavy (non-hydrogen) atoms. The van der Waals surface area contributed by atoms with Crippen LogP contribution in [0, 0.1) is 0 Å². The van der Waals surface area contributed by atoms with Crippen molar-refractivity contribution < 1.29 is 4.79 Å². The first-order valence-corrected chi connectivity index (χ1v) is 6.71. The van der Waals surface area contributed by atoms with Gasteiger partial charge >= 0.3 is 0 Å². The zero-order chi connectivity index (χ0) is 13.8. The summed E-state index contributed by atoms with van der Waals surface area (Å²) in [7, 11) is 0. The van der Waals surface area contributed by atoms with Gasteiger partial charge in [0.25, 0.3) is 5.91 Å². The maximum absolute atomic E-state index is 12.1. The van der Waals surface area contributed by atoms with Crippen LogP contribution in [-0.4, -0.2) is 5.91 Å². The van der Waals surface area contributed by atoms with Crippen molar-refractivity contribution in [3.63, 3.8) is 0 Å². The van der Waals surface area contributed by atoms with Crippen LogP contribution in [0.3, 0.4) is 0 Å². The molecular weight excluding hydrogens is 281 g/mol. The maximum Gasteiger partial charge on any atom is 0.257 e. The minimum atomic E-state index is -0.263. The Morgan fingerprint density at radius 2 is 1.95 bits per heavy atom. The van der Waals surface area contributed by atoms with Crippen molar-refractivity contribution in [1.82, 2.24) is 0 Å². The van der Waals surface area contributed by atoms with E-state index in [9.17, 15) is 4.79 Å². The van der Waals surface area contributed by atoms with Gasteiger partial charge < -0.3 is 5.32 Å². The minimum absolute atomic E-state index is 0.263. The van der Waals surface area contributed by atoms with Crippen molar-refractivity contribution in [1.29, 1.82) is 0 Å². The van der Waals surface area contributed by atoms with E-state index < -0.39 is 0 Å². The molecule has 0 fully saturated rings. The number of nitrogens with one attached hydrogen (secondary N) is 1. The standard InChI is InChI=1S/C15H13Cl2NO/c1-2-10-4-3-5-12(8-10)18-15(19)13-9-11(16)6-7-14(13)17/h3-9H,2H2,1H3,(H,18,19). The molecule has 1 N–H and O–H groups in total. The zero-order valence-electron chi connectivity index (χ0n) is 10.4. The highest BCUT2D eigenvalue weighted by Crippen LogP contribution is 2.22. The number of halogens is 2. The lowest BCUT2D eigenvalue weighted by Crippen LogP contribution is -2.12. The van der Waals surface area contributed by atoms with E-state index in [1.54, 1.807) is 18.2 Å². The molecule has 0 radical (unpaired) electrons. The molecule has 0 heterocycles. The summed E-state index contributed by atoms with van der Waals surface area (Å²) in [5.41, 5.74) is 2.28. The van der Waals surface area contributed by atoms with E-state index in [-0.39, 0.29) is 5.91 Å². The molecule has 0 aliphatic carbocycles. The SMILES string of the molecule is CCc1cccc(NC(=O)c2cc(Cl)ccc2Cl)c1. The average Bonchev–Trinajstić information content (AvgIpc) is 2.41. The number of aryl methyl sites for hydroxylation is 1. The Bertz CT molecular complexity index is 611. The average molecular weight is 294 g/mol. The number of carbonyl (C=O) groups is 1. The van der Waals surface area contributed by atoms with Crippen molar-refractivity contribution >= 4 is 34.8 Å². The third-order valence-electron chi connectivity index (χ3n) is 2.77. The number of rotatable bonds is 3. The third-order valence-corrected chi connectivity index (χ3v) is 3.33. The highest BCUT2D eigenvalue weighted by molar-refractivity contribution is 6.36. The van der Waals surface area contributed by atoms with Gasteiger partial charge in [-0.25, -0.2) is 0 Å². The number of hydrogen-bond acceptors (Lipinski definition) is 1. The minimum Gasteiger partial charge on any atom is -0.322 e. The second kappa shape index (κ2) is 6.09. The van der Waals surface area contributed by atoms with Crippen LogP contribution in [0.25, 0.3) is 0 Å². The third kappa shape index (κ3) is 3.49. The van der Waals surface area contributed by atoms with E-state index in [1.807, 2.05) is 24.3 Å². The van der Waals surface area contributed by atoms with Crippen LogP contribution in [0.5, 0.6) is 0 Å². The summed E-state index contributed by atoms with van der Waals surface area (Å²) < 4.78 is 0. The first kappa shape index (κ1) is 13.9. The van der Waals surface area contributed by atoms with Crippen molar-refractivity contribution in [2.24, 2.45) is 0 Å². The lowest BCUT2D eigenvalue weighted by Gasteiger charge is -2.08. The summed E-state index contributed by atoms with van der Waals surface area (Å²) in [6.07, 6.45) is 0.918. The smallest absolute Gasteiger partial charge is 0.257 e. The topological polar surface area (TPSA) is 29.1 Å². The maximum atomic E-state index is 12.1.